The van der Waals surface area contributed by atoms with Gasteiger partial charge in [-0.2, -0.15) is 0 Å². The van der Waals surface area contributed by atoms with Crippen LogP contribution >= 0.6 is 11.8 Å². The molecule has 0 atom stereocenters. The molecule has 0 bridgehead atoms. The summed E-state index contributed by atoms with van der Waals surface area (Å²) in [5.74, 6) is 2.80. The van der Waals surface area contributed by atoms with Crippen LogP contribution in [-0.4, -0.2) is 28.4 Å². The Hall–Kier alpha value is -2.26. The number of hydrogen-bond donors (Lipinski definition) is 1. The van der Waals surface area contributed by atoms with Gasteiger partial charge in [0.1, 0.15) is 0 Å². The van der Waals surface area contributed by atoms with Crippen LogP contribution in [0.25, 0.3) is 11.5 Å². The first-order chi connectivity index (χ1) is 9.69. The van der Waals surface area contributed by atoms with Gasteiger partial charge >= 0.3 is 0 Å². The molecule has 0 saturated heterocycles. The van der Waals surface area contributed by atoms with E-state index in [0.717, 1.165) is 11.1 Å². The Bertz CT molecular complexity index is 629. The van der Waals surface area contributed by atoms with Gasteiger partial charge in [-0.05, 0) is 19.1 Å². The van der Waals surface area contributed by atoms with E-state index in [1.165, 1.54) is 11.8 Å². The summed E-state index contributed by atoms with van der Waals surface area (Å²) in [6, 6.07) is 7.77. The Morgan fingerprint density at radius 3 is 2.85 bits per heavy atom. The van der Waals surface area contributed by atoms with E-state index in [2.05, 4.69) is 21.4 Å². The number of hydrogen-bond acceptors (Lipinski definition) is 5. The van der Waals surface area contributed by atoms with E-state index in [0.29, 0.717) is 11.1 Å². The highest BCUT2D eigenvalue weighted by molar-refractivity contribution is 7.99. The Morgan fingerprint density at radius 1 is 1.40 bits per heavy atom. The zero-order chi connectivity index (χ0) is 14.4. The molecule has 1 N–H and O–H groups in total. The number of terminal acetylenes is 1. The second kappa shape index (κ2) is 6.78. The number of nitrogens with one attached hydrogen (secondary N) is 1. The number of thioether (sulfide) groups is 1. The van der Waals surface area contributed by atoms with Gasteiger partial charge in [0.05, 0.1) is 12.3 Å². The van der Waals surface area contributed by atoms with Gasteiger partial charge < -0.3 is 9.73 Å². The quantitative estimate of drug-likeness (QED) is 0.672. The van der Waals surface area contributed by atoms with Crippen molar-refractivity contribution in [1.82, 2.24) is 15.5 Å². The summed E-state index contributed by atoms with van der Waals surface area (Å²) in [6.07, 6.45) is 5.05. The maximum Gasteiger partial charge on any atom is 0.277 e. The SMILES string of the molecule is C#CCNC(=O)CSc1nnc(-c2ccc(C)cc2)o1. The van der Waals surface area contributed by atoms with Crippen LogP contribution in [-0.2, 0) is 4.79 Å². The Kier molecular flexibility index (Phi) is 4.80. The Morgan fingerprint density at radius 2 is 2.15 bits per heavy atom. The minimum absolute atomic E-state index is 0.164. The summed E-state index contributed by atoms with van der Waals surface area (Å²) in [7, 11) is 0. The van der Waals surface area contributed by atoms with Gasteiger partial charge in [-0.1, -0.05) is 35.4 Å². The Labute approximate surface area is 121 Å². The van der Waals surface area contributed by atoms with Crippen LogP contribution in [0.4, 0.5) is 0 Å². The molecule has 1 heterocycles. The number of amides is 1. The van der Waals surface area contributed by atoms with E-state index in [1.807, 2.05) is 31.2 Å². The maximum absolute atomic E-state index is 11.4. The fourth-order valence-corrected chi connectivity index (χ4v) is 2.00. The lowest BCUT2D eigenvalue weighted by Crippen LogP contribution is -2.25. The van der Waals surface area contributed by atoms with Crippen molar-refractivity contribution in [3.63, 3.8) is 0 Å². The van der Waals surface area contributed by atoms with E-state index in [4.69, 9.17) is 10.8 Å². The van der Waals surface area contributed by atoms with Gasteiger partial charge in [0, 0.05) is 5.56 Å². The van der Waals surface area contributed by atoms with Crippen molar-refractivity contribution in [1.29, 1.82) is 0 Å². The number of rotatable bonds is 5. The molecule has 1 aromatic heterocycles. The molecule has 0 aliphatic rings. The molecular weight excluding hydrogens is 274 g/mol. The third-order valence-electron chi connectivity index (χ3n) is 2.42. The molecule has 20 heavy (non-hydrogen) atoms. The largest absolute Gasteiger partial charge is 0.411 e. The molecule has 0 spiro atoms. The van der Waals surface area contributed by atoms with E-state index in [1.54, 1.807) is 0 Å². The first kappa shape index (κ1) is 14.2. The molecule has 2 aromatic rings. The fourth-order valence-electron chi connectivity index (χ4n) is 1.41. The highest BCUT2D eigenvalue weighted by Crippen LogP contribution is 2.23. The second-order valence-corrected chi connectivity index (χ2v) is 4.94. The second-order valence-electron chi connectivity index (χ2n) is 4.01. The number of aryl methyl sites for hydroxylation is 1. The molecular formula is C14H13N3O2S. The summed E-state index contributed by atoms with van der Waals surface area (Å²) in [5, 5.41) is 10.8. The van der Waals surface area contributed by atoms with Crippen molar-refractivity contribution < 1.29 is 9.21 Å². The van der Waals surface area contributed by atoms with Crippen LogP contribution in [0.15, 0.2) is 33.9 Å². The molecule has 1 aromatic carbocycles. The number of carbonyl (C=O) groups is 1. The summed E-state index contributed by atoms with van der Waals surface area (Å²) in [5.41, 5.74) is 2.01. The van der Waals surface area contributed by atoms with Crippen molar-refractivity contribution in [3.8, 4) is 23.8 Å². The van der Waals surface area contributed by atoms with Gasteiger partial charge in [0.2, 0.25) is 11.8 Å². The first-order valence-corrected chi connectivity index (χ1v) is 6.91. The van der Waals surface area contributed by atoms with Gasteiger partial charge in [-0.15, -0.1) is 16.6 Å². The Balaban J connectivity index is 1.94. The third-order valence-corrected chi connectivity index (χ3v) is 3.24. The summed E-state index contributed by atoms with van der Waals surface area (Å²) < 4.78 is 5.48. The van der Waals surface area contributed by atoms with E-state index < -0.39 is 0 Å². The standard InChI is InChI=1S/C14H13N3O2S/c1-3-8-15-12(18)9-20-14-17-16-13(19-14)11-6-4-10(2)5-7-11/h1,4-7H,8-9H2,2H3,(H,15,18). The van der Waals surface area contributed by atoms with Crippen LogP contribution in [0.5, 0.6) is 0 Å². The molecule has 0 saturated carbocycles. The summed E-state index contributed by atoms with van der Waals surface area (Å²) in [4.78, 5) is 11.4. The molecule has 0 fully saturated rings. The minimum atomic E-state index is -0.164. The average Bonchev–Trinajstić information content (AvgIpc) is 2.92. The molecule has 5 nitrogen and oxygen atoms in total. The lowest BCUT2D eigenvalue weighted by molar-refractivity contribution is -0.118. The normalized spacial score (nSPS) is 10.0. The molecule has 0 aliphatic heterocycles. The lowest BCUT2D eigenvalue weighted by atomic mass is 10.1. The summed E-state index contributed by atoms with van der Waals surface area (Å²) >= 11 is 1.18. The van der Waals surface area contributed by atoms with E-state index >= 15 is 0 Å². The fraction of sp³-hybridized carbons (Fsp3) is 0.214. The van der Waals surface area contributed by atoms with Gasteiger partial charge in [-0.3, -0.25) is 4.79 Å². The topological polar surface area (TPSA) is 68.0 Å². The van der Waals surface area contributed by atoms with Crippen LogP contribution in [0, 0.1) is 19.3 Å². The highest BCUT2D eigenvalue weighted by Gasteiger charge is 2.10. The van der Waals surface area contributed by atoms with Crippen molar-refractivity contribution >= 4 is 17.7 Å². The van der Waals surface area contributed by atoms with Crippen molar-refractivity contribution in [2.24, 2.45) is 0 Å². The van der Waals surface area contributed by atoms with Gasteiger partial charge in [-0.25, -0.2) is 0 Å². The molecule has 102 valence electrons. The zero-order valence-electron chi connectivity index (χ0n) is 10.9. The number of carbonyl (C=O) groups excluding carboxylic acids is 1. The minimum Gasteiger partial charge on any atom is -0.411 e. The molecule has 2 rings (SSSR count). The monoisotopic (exact) mass is 287 g/mol. The van der Waals surface area contributed by atoms with Crippen LogP contribution in [0.1, 0.15) is 5.56 Å². The third kappa shape index (κ3) is 3.87. The van der Waals surface area contributed by atoms with Gasteiger partial charge in [0.25, 0.3) is 5.22 Å². The molecule has 0 unspecified atom stereocenters. The van der Waals surface area contributed by atoms with Crippen LogP contribution in [0.3, 0.4) is 0 Å². The smallest absolute Gasteiger partial charge is 0.277 e. The van der Waals surface area contributed by atoms with E-state index in [9.17, 15) is 4.79 Å². The molecule has 6 heteroatoms. The maximum atomic E-state index is 11.4. The van der Waals surface area contributed by atoms with E-state index in [-0.39, 0.29) is 18.2 Å². The zero-order valence-corrected chi connectivity index (χ0v) is 11.7. The highest BCUT2D eigenvalue weighted by atomic mass is 32.2. The molecule has 1 amide bonds. The van der Waals surface area contributed by atoms with Crippen molar-refractivity contribution in [3.05, 3.63) is 29.8 Å². The van der Waals surface area contributed by atoms with Crippen LogP contribution in [0.2, 0.25) is 0 Å². The first-order valence-electron chi connectivity index (χ1n) is 5.92. The average molecular weight is 287 g/mol. The number of nitrogens with zero attached hydrogens (tertiary/aromatic N) is 2. The van der Waals surface area contributed by atoms with Crippen molar-refractivity contribution in [2.75, 3.05) is 12.3 Å². The summed E-state index contributed by atoms with van der Waals surface area (Å²) in [6.45, 7) is 2.23. The number of aromatic nitrogens is 2. The predicted octanol–water partition coefficient (Wildman–Crippen LogP) is 1.89. The molecule has 0 radical (unpaired) electrons. The van der Waals surface area contributed by atoms with Crippen LogP contribution < -0.4 is 5.32 Å². The van der Waals surface area contributed by atoms with Gasteiger partial charge in [0.15, 0.2) is 0 Å². The lowest BCUT2D eigenvalue weighted by Gasteiger charge is -1.98. The van der Waals surface area contributed by atoms with Crippen molar-refractivity contribution in [2.45, 2.75) is 12.1 Å². The number of benzene rings is 1. The predicted molar refractivity (Wildman–Crippen MR) is 77.0 cm³/mol. The molecule has 0 aliphatic carbocycles.